The van der Waals surface area contributed by atoms with Crippen LogP contribution < -0.4 is 19.7 Å². The molecule has 1 saturated heterocycles. The number of nitrogens with zero attached hydrogens (tertiary/aromatic N) is 1. The van der Waals surface area contributed by atoms with Crippen LogP contribution in [-0.4, -0.2) is 45.4 Å². The second kappa shape index (κ2) is 7.21. The van der Waals surface area contributed by atoms with Crippen LogP contribution in [0.3, 0.4) is 0 Å². The molecule has 0 aromatic heterocycles. The van der Waals surface area contributed by atoms with Gasteiger partial charge in [-0.05, 0) is 30.3 Å². The number of rotatable bonds is 3. The summed E-state index contributed by atoms with van der Waals surface area (Å²) in [5, 5.41) is 2.76. The Balaban J connectivity index is 1.57. The quantitative estimate of drug-likeness (QED) is 0.914. The molecule has 0 spiro atoms. The van der Waals surface area contributed by atoms with Gasteiger partial charge < -0.3 is 24.4 Å². The summed E-state index contributed by atoms with van der Waals surface area (Å²) in [7, 11) is 0. The SMILES string of the molecule is O=C(Nc1cc(F)cc(N2CCOCC2)c1)c1cccc2c1OCCO2. The van der Waals surface area contributed by atoms with Crippen LogP contribution in [0.2, 0.25) is 0 Å². The van der Waals surface area contributed by atoms with Crippen molar-refractivity contribution in [1.29, 1.82) is 0 Å². The molecular formula is C19H19FN2O4. The Hall–Kier alpha value is -2.80. The Morgan fingerprint density at radius 2 is 1.85 bits per heavy atom. The summed E-state index contributed by atoms with van der Waals surface area (Å²) in [4.78, 5) is 14.7. The standard InChI is InChI=1S/C19H19FN2O4/c20-13-10-14(12-15(11-13)22-4-6-24-7-5-22)21-19(23)16-2-1-3-17-18(16)26-9-8-25-17/h1-3,10-12H,4-9H2,(H,21,23). The van der Waals surface area contributed by atoms with Gasteiger partial charge in [0.25, 0.3) is 5.91 Å². The first-order valence-electron chi connectivity index (χ1n) is 8.54. The molecule has 0 bridgehead atoms. The number of fused-ring (bicyclic) bond motifs is 1. The number of para-hydroxylation sites is 1. The molecule has 2 aliphatic rings. The Kier molecular flexibility index (Phi) is 4.62. The number of nitrogens with one attached hydrogen (secondary N) is 1. The van der Waals surface area contributed by atoms with Gasteiger partial charge in [0.1, 0.15) is 19.0 Å². The predicted octanol–water partition coefficient (Wildman–Crippen LogP) is 2.69. The molecule has 136 valence electrons. The number of ether oxygens (including phenoxy) is 3. The highest BCUT2D eigenvalue weighted by atomic mass is 19.1. The molecule has 0 saturated carbocycles. The van der Waals surface area contributed by atoms with Gasteiger partial charge in [0, 0.05) is 24.5 Å². The van der Waals surface area contributed by atoms with Crippen molar-refractivity contribution in [2.75, 3.05) is 49.7 Å². The van der Waals surface area contributed by atoms with Gasteiger partial charge in [-0.25, -0.2) is 4.39 Å². The smallest absolute Gasteiger partial charge is 0.259 e. The molecule has 1 N–H and O–H groups in total. The first-order chi connectivity index (χ1) is 12.7. The molecular weight excluding hydrogens is 339 g/mol. The van der Waals surface area contributed by atoms with Crippen LogP contribution in [0.5, 0.6) is 11.5 Å². The molecule has 6 nitrogen and oxygen atoms in total. The van der Waals surface area contributed by atoms with Gasteiger partial charge in [0.15, 0.2) is 11.5 Å². The van der Waals surface area contributed by atoms with E-state index in [4.69, 9.17) is 14.2 Å². The van der Waals surface area contributed by atoms with Gasteiger partial charge in [-0.2, -0.15) is 0 Å². The summed E-state index contributed by atoms with van der Waals surface area (Å²) in [6.07, 6.45) is 0. The summed E-state index contributed by atoms with van der Waals surface area (Å²) in [5.74, 6) is 0.183. The molecule has 0 atom stereocenters. The third kappa shape index (κ3) is 3.43. The Morgan fingerprint density at radius 3 is 2.69 bits per heavy atom. The average molecular weight is 358 g/mol. The number of benzene rings is 2. The molecule has 2 aromatic rings. The molecule has 2 aromatic carbocycles. The third-order valence-corrected chi connectivity index (χ3v) is 4.33. The van der Waals surface area contributed by atoms with E-state index in [2.05, 4.69) is 5.32 Å². The van der Waals surface area contributed by atoms with E-state index in [0.717, 1.165) is 5.69 Å². The van der Waals surface area contributed by atoms with Gasteiger partial charge in [0.2, 0.25) is 0 Å². The van der Waals surface area contributed by atoms with E-state index >= 15 is 0 Å². The molecule has 4 rings (SSSR count). The van der Waals surface area contributed by atoms with Crippen molar-refractivity contribution >= 4 is 17.3 Å². The van der Waals surface area contributed by atoms with Crippen LogP contribution in [-0.2, 0) is 4.74 Å². The summed E-state index contributed by atoms with van der Waals surface area (Å²) in [6.45, 7) is 3.42. The number of carbonyl (C=O) groups excluding carboxylic acids is 1. The zero-order chi connectivity index (χ0) is 17.9. The minimum absolute atomic E-state index is 0.361. The lowest BCUT2D eigenvalue weighted by Gasteiger charge is -2.29. The number of amides is 1. The average Bonchev–Trinajstić information content (AvgIpc) is 2.67. The van der Waals surface area contributed by atoms with Crippen molar-refractivity contribution in [3.05, 3.63) is 47.8 Å². The van der Waals surface area contributed by atoms with Gasteiger partial charge >= 0.3 is 0 Å². The zero-order valence-electron chi connectivity index (χ0n) is 14.2. The minimum atomic E-state index is -0.404. The maximum atomic E-state index is 14.1. The fourth-order valence-electron chi connectivity index (χ4n) is 3.10. The highest BCUT2D eigenvalue weighted by molar-refractivity contribution is 6.07. The summed E-state index contributed by atoms with van der Waals surface area (Å²) in [6, 6.07) is 9.66. The van der Waals surface area contributed by atoms with Gasteiger partial charge in [-0.3, -0.25) is 4.79 Å². The van der Waals surface area contributed by atoms with Gasteiger partial charge in [-0.15, -0.1) is 0 Å². The van der Waals surface area contributed by atoms with Crippen LogP contribution in [0.15, 0.2) is 36.4 Å². The minimum Gasteiger partial charge on any atom is -0.486 e. The van der Waals surface area contributed by atoms with Crippen LogP contribution in [0.25, 0.3) is 0 Å². The summed E-state index contributed by atoms with van der Waals surface area (Å²) in [5.41, 5.74) is 1.48. The molecule has 0 unspecified atom stereocenters. The fraction of sp³-hybridized carbons (Fsp3) is 0.316. The van der Waals surface area contributed by atoms with E-state index in [1.165, 1.54) is 12.1 Å². The fourth-order valence-corrected chi connectivity index (χ4v) is 3.10. The lowest BCUT2D eigenvalue weighted by molar-refractivity contribution is 0.101. The highest BCUT2D eigenvalue weighted by Gasteiger charge is 2.21. The van der Waals surface area contributed by atoms with Crippen LogP contribution in [0.1, 0.15) is 10.4 Å². The number of hydrogen-bond acceptors (Lipinski definition) is 5. The van der Waals surface area contributed by atoms with Crippen molar-refractivity contribution < 1.29 is 23.4 Å². The number of carbonyl (C=O) groups is 1. The van der Waals surface area contributed by atoms with Crippen LogP contribution in [0, 0.1) is 5.82 Å². The molecule has 2 heterocycles. The Bertz CT molecular complexity index is 821. The van der Waals surface area contributed by atoms with E-state index in [-0.39, 0.29) is 5.91 Å². The normalized spacial score (nSPS) is 16.3. The number of hydrogen-bond donors (Lipinski definition) is 1. The van der Waals surface area contributed by atoms with E-state index in [9.17, 15) is 9.18 Å². The molecule has 26 heavy (non-hydrogen) atoms. The lowest BCUT2D eigenvalue weighted by Crippen LogP contribution is -2.36. The Labute approximate surface area is 150 Å². The lowest BCUT2D eigenvalue weighted by atomic mass is 10.1. The van der Waals surface area contributed by atoms with Crippen LogP contribution >= 0.6 is 0 Å². The number of anilines is 2. The topological polar surface area (TPSA) is 60.0 Å². The largest absolute Gasteiger partial charge is 0.486 e. The molecule has 2 aliphatic heterocycles. The number of halogens is 1. The number of morpholine rings is 1. The third-order valence-electron chi connectivity index (χ3n) is 4.33. The monoisotopic (exact) mass is 358 g/mol. The highest BCUT2D eigenvalue weighted by Crippen LogP contribution is 2.34. The van der Waals surface area contributed by atoms with E-state index in [1.54, 1.807) is 24.3 Å². The maximum Gasteiger partial charge on any atom is 0.259 e. The van der Waals surface area contributed by atoms with E-state index in [0.29, 0.717) is 62.3 Å². The summed E-state index contributed by atoms with van der Waals surface area (Å²) < 4.78 is 30.5. The van der Waals surface area contributed by atoms with Crippen LogP contribution in [0.4, 0.5) is 15.8 Å². The first kappa shape index (κ1) is 16.7. The molecule has 7 heteroatoms. The van der Waals surface area contributed by atoms with Crippen molar-refractivity contribution in [3.8, 4) is 11.5 Å². The first-order valence-corrected chi connectivity index (χ1v) is 8.54. The predicted molar refractivity (Wildman–Crippen MR) is 94.8 cm³/mol. The van der Waals surface area contributed by atoms with E-state index < -0.39 is 5.82 Å². The van der Waals surface area contributed by atoms with Gasteiger partial charge in [0.05, 0.1) is 18.8 Å². The Morgan fingerprint density at radius 1 is 1.04 bits per heavy atom. The molecule has 1 amide bonds. The molecule has 0 aliphatic carbocycles. The second-order valence-corrected chi connectivity index (χ2v) is 6.08. The second-order valence-electron chi connectivity index (χ2n) is 6.08. The zero-order valence-corrected chi connectivity index (χ0v) is 14.2. The van der Waals surface area contributed by atoms with Crippen molar-refractivity contribution in [1.82, 2.24) is 0 Å². The van der Waals surface area contributed by atoms with Crippen molar-refractivity contribution in [2.45, 2.75) is 0 Å². The molecule has 1 fully saturated rings. The molecule has 0 radical (unpaired) electrons. The van der Waals surface area contributed by atoms with Crippen molar-refractivity contribution in [2.24, 2.45) is 0 Å². The van der Waals surface area contributed by atoms with Crippen molar-refractivity contribution in [3.63, 3.8) is 0 Å². The van der Waals surface area contributed by atoms with Gasteiger partial charge in [-0.1, -0.05) is 6.07 Å². The summed E-state index contributed by atoms with van der Waals surface area (Å²) >= 11 is 0. The maximum absolute atomic E-state index is 14.1. The van der Waals surface area contributed by atoms with E-state index in [1.807, 2.05) is 4.90 Å².